The zero-order valence-electron chi connectivity index (χ0n) is 20.7. The quantitative estimate of drug-likeness (QED) is 0.121. The summed E-state index contributed by atoms with van der Waals surface area (Å²) in [5.41, 5.74) is 0.284. The molecule has 0 aliphatic carbocycles. The maximum absolute atomic E-state index is 8.74. The maximum Gasteiger partial charge on any atom is 0.171 e. The van der Waals surface area contributed by atoms with Crippen molar-refractivity contribution >= 4 is 9.04 Å². The minimum absolute atomic E-state index is 0.284. The monoisotopic (exact) mass is 426 g/mol. The molecule has 2 nitrogen and oxygen atoms in total. The van der Waals surface area contributed by atoms with E-state index in [2.05, 4.69) is 46.0 Å². The van der Waals surface area contributed by atoms with Crippen molar-refractivity contribution in [2.45, 2.75) is 143 Å². The Morgan fingerprint density at radius 3 is 1.52 bits per heavy atom. The third-order valence-electron chi connectivity index (χ3n) is 5.69. The molecule has 0 aliphatic heterocycles. The Kier molecular flexibility index (Phi) is 19.7. The van der Waals surface area contributed by atoms with E-state index in [-0.39, 0.29) is 5.41 Å². The first-order valence-corrected chi connectivity index (χ1v) is 15.6. The molecule has 0 radical (unpaired) electrons. The van der Waals surface area contributed by atoms with E-state index in [1.165, 1.54) is 96.3 Å². The highest BCUT2D eigenvalue weighted by Crippen LogP contribution is 2.27. The highest BCUT2D eigenvalue weighted by molar-refractivity contribution is 6.48. The van der Waals surface area contributed by atoms with Crippen LogP contribution in [-0.2, 0) is 4.43 Å². The Morgan fingerprint density at radius 1 is 0.690 bits per heavy atom. The van der Waals surface area contributed by atoms with Crippen molar-refractivity contribution in [2.24, 2.45) is 5.41 Å². The smallest absolute Gasteiger partial charge is 0.171 e. The van der Waals surface area contributed by atoms with Crippen molar-refractivity contribution in [1.82, 2.24) is 0 Å². The average molecular weight is 427 g/mol. The van der Waals surface area contributed by atoms with Crippen LogP contribution in [0.4, 0.5) is 0 Å². The Morgan fingerprint density at radius 2 is 1.10 bits per heavy atom. The molecule has 0 spiro atoms. The van der Waals surface area contributed by atoms with Crippen LogP contribution in [0.1, 0.15) is 124 Å². The molecule has 174 valence electrons. The molecule has 0 bridgehead atoms. The molecule has 0 rings (SSSR count). The van der Waals surface area contributed by atoms with E-state index in [0.29, 0.717) is 12.7 Å². The van der Waals surface area contributed by atoms with Crippen LogP contribution < -0.4 is 0 Å². The molecule has 1 atom stereocenters. The van der Waals surface area contributed by atoms with Crippen molar-refractivity contribution in [2.75, 3.05) is 6.61 Å². The van der Waals surface area contributed by atoms with Crippen LogP contribution in [0.5, 0.6) is 0 Å². The Bertz CT molecular complexity index is 360. The largest absolute Gasteiger partial charge is 0.417 e. The van der Waals surface area contributed by atoms with Crippen LogP contribution in [0, 0.1) is 5.41 Å². The van der Waals surface area contributed by atoms with E-state index in [0.717, 1.165) is 6.42 Å². The molecular formula is C26H54O2Si. The molecule has 0 heterocycles. The van der Waals surface area contributed by atoms with Gasteiger partial charge in [-0.3, -0.25) is 0 Å². The fourth-order valence-corrected chi connectivity index (χ4v) is 5.03. The molecule has 0 saturated carbocycles. The fourth-order valence-electron chi connectivity index (χ4n) is 3.83. The van der Waals surface area contributed by atoms with Crippen LogP contribution in [0.15, 0.2) is 12.2 Å². The molecule has 0 saturated heterocycles. The third-order valence-corrected chi connectivity index (χ3v) is 6.56. The second-order valence-corrected chi connectivity index (χ2v) is 12.6. The van der Waals surface area contributed by atoms with Gasteiger partial charge in [0.15, 0.2) is 9.04 Å². The molecule has 1 N–H and O–H groups in total. The van der Waals surface area contributed by atoms with Crippen molar-refractivity contribution in [3.05, 3.63) is 12.2 Å². The predicted octanol–water partition coefficient (Wildman–Crippen LogP) is 8.19. The van der Waals surface area contributed by atoms with E-state index < -0.39 is 9.04 Å². The predicted molar refractivity (Wildman–Crippen MR) is 133 cm³/mol. The summed E-state index contributed by atoms with van der Waals surface area (Å²) in [5, 5.41) is 8.74. The topological polar surface area (TPSA) is 29.5 Å². The first kappa shape index (κ1) is 28.9. The molecule has 3 heteroatoms. The average Bonchev–Trinajstić information content (AvgIpc) is 2.65. The summed E-state index contributed by atoms with van der Waals surface area (Å²) in [6.45, 7) is 11.9. The van der Waals surface area contributed by atoms with Crippen molar-refractivity contribution < 1.29 is 9.53 Å². The lowest BCUT2D eigenvalue weighted by Crippen LogP contribution is -2.33. The molecule has 0 fully saturated rings. The van der Waals surface area contributed by atoms with Gasteiger partial charge in [0.25, 0.3) is 0 Å². The number of hydrogen-bond acceptors (Lipinski definition) is 2. The lowest BCUT2D eigenvalue weighted by molar-refractivity contribution is 0.0759. The Hall–Kier alpha value is -0.123. The van der Waals surface area contributed by atoms with Gasteiger partial charge in [-0.05, 0) is 57.0 Å². The van der Waals surface area contributed by atoms with Crippen LogP contribution >= 0.6 is 0 Å². The van der Waals surface area contributed by atoms with Gasteiger partial charge in [-0.25, -0.2) is 0 Å². The summed E-state index contributed by atoms with van der Waals surface area (Å²) in [6, 6.07) is 0. The number of unbranched alkanes of at least 4 members (excludes halogenated alkanes) is 13. The molecular weight excluding hydrogens is 372 g/mol. The van der Waals surface area contributed by atoms with Crippen LogP contribution in [-0.4, -0.2) is 26.9 Å². The number of aliphatic hydroxyl groups excluding tert-OH is 1. The first-order valence-electron chi connectivity index (χ1n) is 12.8. The second-order valence-electron chi connectivity index (χ2n) is 10.2. The second kappa shape index (κ2) is 19.8. The lowest BCUT2D eigenvalue weighted by atomic mass is 9.86. The van der Waals surface area contributed by atoms with Gasteiger partial charge in [0.05, 0.1) is 0 Å². The standard InChI is InChI=1S/C26H54O2Si/c1-26(2,3)25(28-29(4)5)23-21-19-17-15-13-11-9-7-6-8-10-12-14-16-18-20-22-24-27/h8,10,25,27,29H,6-7,9,11-24H2,1-5H3/b10-8-. The van der Waals surface area contributed by atoms with Crippen molar-refractivity contribution in [3.8, 4) is 0 Å². The van der Waals surface area contributed by atoms with Crippen LogP contribution in [0.2, 0.25) is 13.1 Å². The zero-order chi connectivity index (χ0) is 21.8. The van der Waals surface area contributed by atoms with Crippen LogP contribution in [0.3, 0.4) is 0 Å². The molecule has 0 aromatic rings. The molecule has 0 aliphatic rings. The SMILES string of the molecule is C[SiH](C)OC(CCCCCCCCCC/C=C\CCCCCCCO)C(C)(C)C. The van der Waals surface area contributed by atoms with Gasteiger partial charge in [-0.15, -0.1) is 0 Å². The van der Waals surface area contributed by atoms with E-state index in [9.17, 15) is 0 Å². The van der Waals surface area contributed by atoms with E-state index in [1.54, 1.807) is 0 Å². The zero-order valence-corrected chi connectivity index (χ0v) is 21.8. The summed E-state index contributed by atoms with van der Waals surface area (Å²) >= 11 is 0. The number of aliphatic hydroxyl groups is 1. The number of hydrogen-bond donors (Lipinski definition) is 1. The molecule has 0 aromatic heterocycles. The highest BCUT2D eigenvalue weighted by Gasteiger charge is 2.25. The van der Waals surface area contributed by atoms with Gasteiger partial charge in [-0.2, -0.15) is 0 Å². The van der Waals surface area contributed by atoms with E-state index >= 15 is 0 Å². The molecule has 1 unspecified atom stereocenters. The Labute approximate surface area is 185 Å². The van der Waals surface area contributed by atoms with Gasteiger partial charge in [-0.1, -0.05) is 97.1 Å². The lowest BCUT2D eigenvalue weighted by Gasteiger charge is -2.32. The summed E-state index contributed by atoms with van der Waals surface area (Å²) in [5.74, 6) is 0. The van der Waals surface area contributed by atoms with E-state index in [1.807, 2.05) is 0 Å². The van der Waals surface area contributed by atoms with E-state index in [4.69, 9.17) is 9.53 Å². The maximum atomic E-state index is 8.74. The highest BCUT2D eigenvalue weighted by atomic mass is 28.3. The minimum Gasteiger partial charge on any atom is -0.417 e. The summed E-state index contributed by atoms with van der Waals surface area (Å²) in [7, 11) is -0.939. The van der Waals surface area contributed by atoms with Gasteiger partial charge in [0.1, 0.15) is 0 Å². The Balaban J connectivity index is 3.39. The first-order chi connectivity index (χ1) is 13.9. The van der Waals surface area contributed by atoms with Gasteiger partial charge < -0.3 is 9.53 Å². The minimum atomic E-state index is -0.939. The number of allylic oxidation sites excluding steroid dienone is 2. The van der Waals surface area contributed by atoms with Gasteiger partial charge in [0.2, 0.25) is 0 Å². The van der Waals surface area contributed by atoms with Crippen molar-refractivity contribution in [1.29, 1.82) is 0 Å². The summed E-state index contributed by atoms with van der Waals surface area (Å²) in [6.07, 6.45) is 26.1. The molecule has 0 amide bonds. The van der Waals surface area contributed by atoms with Crippen LogP contribution in [0.25, 0.3) is 0 Å². The number of rotatable bonds is 20. The summed E-state index contributed by atoms with van der Waals surface area (Å²) in [4.78, 5) is 0. The summed E-state index contributed by atoms with van der Waals surface area (Å²) < 4.78 is 6.27. The molecule has 29 heavy (non-hydrogen) atoms. The van der Waals surface area contributed by atoms with Gasteiger partial charge in [0, 0.05) is 12.7 Å². The van der Waals surface area contributed by atoms with Crippen molar-refractivity contribution in [3.63, 3.8) is 0 Å². The third kappa shape index (κ3) is 20.9. The van der Waals surface area contributed by atoms with Gasteiger partial charge >= 0.3 is 0 Å². The normalized spacial score (nSPS) is 13.6. The molecule has 0 aromatic carbocycles. The fraction of sp³-hybridized carbons (Fsp3) is 0.923.